The number of carbonyl (C=O) groups excluding carboxylic acids is 3. The van der Waals surface area contributed by atoms with Crippen molar-refractivity contribution >= 4 is 17.8 Å². The van der Waals surface area contributed by atoms with Crippen LogP contribution in [0.15, 0.2) is 109 Å². The molecule has 0 unspecified atom stereocenters. The van der Waals surface area contributed by atoms with Crippen molar-refractivity contribution in [2.75, 3.05) is 13.2 Å². The maximum atomic E-state index is 12.4. The zero-order valence-electron chi connectivity index (χ0n) is 30.9. The Labute approximate surface area is 311 Å². The summed E-state index contributed by atoms with van der Waals surface area (Å²) in [6.07, 6.45) is 2.39. The number of ether oxygens (including phenoxy) is 2. The minimum absolute atomic E-state index is 0.0387. The molecule has 0 aliphatic heterocycles. The summed E-state index contributed by atoms with van der Waals surface area (Å²) in [5, 5.41) is 16.0. The molecule has 1 amide bonds. The van der Waals surface area contributed by atoms with Gasteiger partial charge in [-0.05, 0) is 78.1 Å². The van der Waals surface area contributed by atoms with Crippen molar-refractivity contribution in [1.82, 2.24) is 25.9 Å². The number of hydrogen-bond acceptors (Lipinski definition) is 9. The summed E-state index contributed by atoms with van der Waals surface area (Å²) in [5.41, 5.74) is 13.1. The van der Waals surface area contributed by atoms with Crippen LogP contribution >= 0.6 is 0 Å². The quantitative estimate of drug-likeness (QED) is 0.0954. The second-order valence-corrected chi connectivity index (χ2v) is 13.0. The number of aromatic nitrogens is 4. The second kappa shape index (κ2) is 21.0. The highest BCUT2D eigenvalue weighted by atomic mass is 16.5. The Morgan fingerprint density at radius 3 is 1.57 bits per heavy atom. The van der Waals surface area contributed by atoms with Crippen LogP contribution in [-0.4, -0.2) is 63.8 Å². The first-order valence-electron chi connectivity index (χ1n) is 18.1. The fourth-order valence-corrected chi connectivity index (χ4v) is 5.94. The Morgan fingerprint density at radius 2 is 1.11 bits per heavy atom. The van der Waals surface area contributed by atoms with E-state index >= 15 is 0 Å². The number of hydrogen-bond donors (Lipinski definition) is 3. The first-order valence-corrected chi connectivity index (χ1v) is 18.1. The average molecular weight is 719 g/mol. The van der Waals surface area contributed by atoms with Crippen LogP contribution in [0.3, 0.4) is 0 Å². The van der Waals surface area contributed by atoms with E-state index in [1.807, 2.05) is 62.4 Å². The maximum Gasteiger partial charge on any atom is 0.308 e. The monoisotopic (exact) mass is 718 g/mol. The average Bonchev–Trinajstić information content (AvgIpc) is 3.72. The number of amides is 1. The summed E-state index contributed by atoms with van der Waals surface area (Å²) < 4.78 is 10.1. The number of esters is 2. The van der Waals surface area contributed by atoms with Crippen molar-refractivity contribution < 1.29 is 23.9 Å². The Hall–Kier alpha value is -5.68. The van der Waals surface area contributed by atoms with Gasteiger partial charge < -0.3 is 20.5 Å². The molecule has 1 aromatic heterocycles. The molecule has 4 aromatic carbocycles. The molecule has 5 rings (SSSR count). The molecule has 11 heteroatoms. The molecule has 0 saturated heterocycles. The van der Waals surface area contributed by atoms with Gasteiger partial charge in [0.2, 0.25) is 0 Å². The Balaban J connectivity index is 0.000000245. The van der Waals surface area contributed by atoms with Crippen LogP contribution < -0.4 is 11.1 Å². The number of aromatic amines is 1. The lowest BCUT2D eigenvalue weighted by Crippen LogP contribution is -2.39. The highest BCUT2D eigenvalue weighted by Gasteiger charge is 2.24. The summed E-state index contributed by atoms with van der Waals surface area (Å²) >= 11 is 0. The van der Waals surface area contributed by atoms with E-state index in [4.69, 9.17) is 15.2 Å². The molecule has 278 valence electrons. The maximum absolute atomic E-state index is 12.4. The second-order valence-electron chi connectivity index (χ2n) is 13.0. The van der Waals surface area contributed by atoms with Crippen LogP contribution in [0.4, 0.5) is 0 Å². The molecular formula is C42H50N6O5. The summed E-state index contributed by atoms with van der Waals surface area (Å²) in [5.74, 6) is -1.44. The molecule has 0 radical (unpaired) electrons. The van der Waals surface area contributed by atoms with Crippen LogP contribution in [-0.2, 0) is 31.9 Å². The molecule has 1 heterocycles. The number of H-pyrrole nitrogens is 1. The smallest absolute Gasteiger partial charge is 0.308 e. The summed E-state index contributed by atoms with van der Waals surface area (Å²) in [7, 11) is 0. The third-order valence-corrected chi connectivity index (χ3v) is 8.66. The highest BCUT2D eigenvalue weighted by Crippen LogP contribution is 2.22. The normalized spacial score (nSPS) is 13.0. The lowest BCUT2D eigenvalue weighted by Gasteiger charge is -2.21. The van der Waals surface area contributed by atoms with Crippen LogP contribution in [0, 0.1) is 11.8 Å². The third kappa shape index (κ3) is 13.1. The molecule has 0 aliphatic rings. The van der Waals surface area contributed by atoms with Gasteiger partial charge in [-0.25, -0.2) is 0 Å². The molecule has 4 N–H and O–H groups in total. The van der Waals surface area contributed by atoms with Crippen molar-refractivity contribution in [1.29, 1.82) is 0 Å². The van der Waals surface area contributed by atoms with Gasteiger partial charge in [0.1, 0.15) is 0 Å². The highest BCUT2D eigenvalue weighted by molar-refractivity contribution is 5.90. The van der Waals surface area contributed by atoms with E-state index in [1.54, 1.807) is 13.8 Å². The molecule has 0 aliphatic carbocycles. The fraction of sp³-hybridized carbons (Fsp3) is 0.333. The Morgan fingerprint density at radius 1 is 0.660 bits per heavy atom. The van der Waals surface area contributed by atoms with Crippen LogP contribution in [0.2, 0.25) is 0 Å². The van der Waals surface area contributed by atoms with Gasteiger partial charge in [-0.1, -0.05) is 123 Å². The predicted molar refractivity (Wildman–Crippen MR) is 205 cm³/mol. The third-order valence-electron chi connectivity index (χ3n) is 8.66. The van der Waals surface area contributed by atoms with E-state index in [0.29, 0.717) is 32.5 Å². The van der Waals surface area contributed by atoms with E-state index in [-0.39, 0.29) is 41.7 Å². The largest absolute Gasteiger partial charge is 0.466 e. The molecule has 0 saturated carbocycles. The molecule has 0 fully saturated rings. The van der Waals surface area contributed by atoms with Gasteiger partial charge in [-0.15, -0.1) is 10.2 Å². The SMILES string of the molecule is CCOC(=O)[C@H](C)C[C@@H](Cc1ccc(-c2ccccc2)cc1)NC(=O)c1nn[nH]n1.CCOC(=O)[C@H](C)C[C@H](N)Cc1ccc(-c2ccccc2)cc1. The van der Waals surface area contributed by atoms with E-state index in [2.05, 4.69) is 86.6 Å². The van der Waals surface area contributed by atoms with Crippen LogP contribution in [0.1, 0.15) is 62.3 Å². The predicted octanol–water partition coefficient (Wildman–Crippen LogP) is 6.61. The molecule has 5 aromatic rings. The molecular weight excluding hydrogens is 668 g/mol. The van der Waals surface area contributed by atoms with Crippen molar-refractivity contribution in [2.45, 2.75) is 65.5 Å². The lowest BCUT2D eigenvalue weighted by atomic mass is 9.95. The van der Waals surface area contributed by atoms with Gasteiger partial charge in [0, 0.05) is 12.1 Å². The lowest BCUT2D eigenvalue weighted by molar-refractivity contribution is -0.148. The number of nitrogens with zero attached hydrogens (tertiary/aromatic N) is 3. The van der Waals surface area contributed by atoms with Crippen molar-refractivity contribution in [3.8, 4) is 22.3 Å². The molecule has 11 nitrogen and oxygen atoms in total. The van der Waals surface area contributed by atoms with Crippen LogP contribution in [0.25, 0.3) is 22.3 Å². The summed E-state index contributed by atoms with van der Waals surface area (Å²) in [6.45, 7) is 8.00. The number of benzene rings is 4. The van der Waals surface area contributed by atoms with Gasteiger partial charge >= 0.3 is 11.9 Å². The van der Waals surface area contributed by atoms with Gasteiger partial charge in [0.15, 0.2) is 0 Å². The zero-order valence-corrected chi connectivity index (χ0v) is 30.9. The molecule has 4 atom stereocenters. The number of tetrazole rings is 1. The minimum atomic E-state index is -0.439. The first kappa shape index (κ1) is 40.1. The standard InChI is InChI=1S/C22H25N5O3.C20H25NO2/c1-3-30-22(29)15(2)13-19(23-21(28)20-24-26-27-25-20)14-16-9-11-18(12-10-16)17-7-5-4-6-8-17;1-3-23-20(22)15(2)13-19(21)14-16-9-11-18(12-10-16)17-7-5-4-6-8-17/h4-12,15,19H,3,13-14H2,1-2H3,(H,23,28)(H,24,25,26,27);4-12,15,19H,3,13-14,21H2,1-2H3/t2*15-,19+/m11/s1. The fourth-order valence-electron chi connectivity index (χ4n) is 5.94. The molecule has 0 bridgehead atoms. The van der Waals surface area contributed by atoms with Crippen LogP contribution in [0.5, 0.6) is 0 Å². The van der Waals surface area contributed by atoms with Gasteiger partial charge in [0.05, 0.1) is 25.0 Å². The summed E-state index contributed by atoms with van der Waals surface area (Å²) in [4.78, 5) is 36.1. The number of nitrogens with one attached hydrogen (secondary N) is 2. The van der Waals surface area contributed by atoms with E-state index in [9.17, 15) is 14.4 Å². The zero-order chi connectivity index (χ0) is 38.0. The van der Waals surface area contributed by atoms with E-state index in [0.717, 1.165) is 23.1 Å². The van der Waals surface area contributed by atoms with Gasteiger partial charge in [0.25, 0.3) is 11.7 Å². The summed E-state index contributed by atoms with van der Waals surface area (Å²) in [6, 6.07) is 36.7. The molecule has 53 heavy (non-hydrogen) atoms. The Kier molecular flexibility index (Phi) is 15.9. The van der Waals surface area contributed by atoms with Crippen molar-refractivity contribution in [2.24, 2.45) is 17.6 Å². The van der Waals surface area contributed by atoms with Crippen molar-refractivity contribution in [3.05, 3.63) is 126 Å². The van der Waals surface area contributed by atoms with Crippen molar-refractivity contribution in [3.63, 3.8) is 0 Å². The van der Waals surface area contributed by atoms with Gasteiger partial charge in [-0.2, -0.15) is 5.21 Å². The minimum Gasteiger partial charge on any atom is -0.466 e. The Bertz CT molecular complexity index is 1820. The van der Waals surface area contributed by atoms with Gasteiger partial charge in [-0.3, -0.25) is 14.4 Å². The topological polar surface area (TPSA) is 162 Å². The number of nitrogens with two attached hydrogens (primary N) is 1. The van der Waals surface area contributed by atoms with E-state index < -0.39 is 5.91 Å². The van der Waals surface area contributed by atoms with E-state index in [1.165, 1.54) is 16.7 Å². The molecule has 0 spiro atoms. The number of rotatable bonds is 16. The number of carbonyl (C=O) groups is 3. The first-order chi connectivity index (χ1) is 25.7.